The smallest absolute Gasteiger partial charge is 0.416 e. The van der Waals surface area contributed by atoms with E-state index in [0.29, 0.717) is 37.2 Å². The van der Waals surface area contributed by atoms with E-state index in [2.05, 4.69) is 15.6 Å². The minimum atomic E-state index is -4.33. The maximum Gasteiger partial charge on any atom is 0.416 e. The first-order valence-electron chi connectivity index (χ1n) is 8.77. The van der Waals surface area contributed by atoms with Gasteiger partial charge < -0.3 is 20.1 Å². The van der Waals surface area contributed by atoms with Gasteiger partial charge in [-0.25, -0.2) is 0 Å². The Morgan fingerprint density at radius 3 is 2.07 bits per heavy atom. The number of halogens is 4. The molecule has 0 fully saturated rings. The predicted octanol–water partition coefficient (Wildman–Crippen LogP) is 4.60. The molecule has 2 aromatic carbocycles. The molecule has 0 radical (unpaired) electrons. The molecule has 0 spiro atoms. The molecule has 2 aromatic rings. The number of guanidine groups is 1. The van der Waals surface area contributed by atoms with Gasteiger partial charge in [-0.3, -0.25) is 4.99 Å². The van der Waals surface area contributed by atoms with Crippen molar-refractivity contribution in [2.24, 2.45) is 4.99 Å². The van der Waals surface area contributed by atoms with Crippen LogP contribution in [0.15, 0.2) is 47.5 Å². The van der Waals surface area contributed by atoms with Gasteiger partial charge in [0, 0.05) is 20.1 Å². The van der Waals surface area contributed by atoms with Gasteiger partial charge in [-0.2, -0.15) is 13.2 Å². The lowest BCUT2D eigenvalue weighted by Crippen LogP contribution is -2.36. The van der Waals surface area contributed by atoms with Crippen LogP contribution in [0.3, 0.4) is 0 Å². The number of hydrogen-bond donors (Lipinski definition) is 2. The monoisotopic (exact) mass is 523 g/mol. The lowest BCUT2D eigenvalue weighted by Gasteiger charge is -2.14. The largest absolute Gasteiger partial charge is 0.493 e. The zero-order valence-electron chi connectivity index (χ0n) is 16.5. The molecule has 5 nitrogen and oxygen atoms in total. The summed E-state index contributed by atoms with van der Waals surface area (Å²) in [6.45, 7) is 3.28. The van der Waals surface area contributed by atoms with E-state index in [9.17, 15) is 13.2 Å². The van der Waals surface area contributed by atoms with Crippen LogP contribution in [-0.4, -0.2) is 26.7 Å². The number of methoxy groups -OCH3 is 1. The molecule has 0 atom stereocenters. The number of ether oxygens (including phenoxy) is 2. The minimum Gasteiger partial charge on any atom is -0.493 e. The average Bonchev–Trinajstić information content (AvgIpc) is 2.68. The van der Waals surface area contributed by atoms with Crippen molar-refractivity contribution in [1.29, 1.82) is 0 Å². The minimum absolute atomic E-state index is 0. The predicted molar refractivity (Wildman–Crippen MR) is 118 cm³/mol. The first-order chi connectivity index (χ1) is 13.4. The van der Waals surface area contributed by atoms with Crippen LogP contribution in [0.5, 0.6) is 11.5 Å². The van der Waals surface area contributed by atoms with Gasteiger partial charge in [-0.1, -0.05) is 18.2 Å². The molecule has 0 aliphatic rings. The lowest BCUT2D eigenvalue weighted by molar-refractivity contribution is -0.137. The van der Waals surface area contributed by atoms with Gasteiger partial charge >= 0.3 is 6.18 Å². The zero-order chi connectivity index (χ0) is 20.6. The van der Waals surface area contributed by atoms with E-state index >= 15 is 0 Å². The van der Waals surface area contributed by atoms with Crippen molar-refractivity contribution in [1.82, 2.24) is 10.6 Å². The third-order valence-corrected chi connectivity index (χ3v) is 3.95. The molecule has 0 heterocycles. The highest BCUT2D eigenvalue weighted by Crippen LogP contribution is 2.29. The molecule has 0 amide bonds. The van der Waals surface area contributed by atoms with Gasteiger partial charge in [-0.15, -0.1) is 24.0 Å². The molecule has 2 rings (SSSR count). The normalized spacial score (nSPS) is 11.4. The quantitative estimate of drug-likeness (QED) is 0.317. The molecule has 0 aliphatic heterocycles. The van der Waals surface area contributed by atoms with E-state index < -0.39 is 11.7 Å². The second-order valence-electron chi connectivity index (χ2n) is 5.89. The molecule has 0 unspecified atom stereocenters. The SMILES string of the molecule is CCOc1cc(CNC(=NC)NCc2ccc(C(F)(F)F)cc2)ccc1OC.I. The highest BCUT2D eigenvalue weighted by molar-refractivity contribution is 14.0. The summed E-state index contributed by atoms with van der Waals surface area (Å²) in [6.07, 6.45) is -4.33. The number of aliphatic imine (C=N–C) groups is 1. The van der Waals surface area contributed by atoms with E-state index in [-0.39, 0.29) is 24.0 Å². The van der Waals surface area contributed by atoms with Crippen molar-refractivity contribution >= 4 is 29.9 Å². The summed E-state index contributed by atoms with van der Waals surface area (Å²) < 4.78 is 48.7. The average molecular weight is 523 g/mol. The van der Waals surface area contributed by atoms with Crippen LogP contribution in [0.25, 0.3) is 0 Å². The first-order valence-corrected chi connectivity index (χ1v) is 8.77. The van der Waals surface area contributed by atoms with E-state index in [1.54, 1.807) is 14.2 Å². The number of nitrogens with zero attached hydrogens (tertiary/aromatic N) is 1. The van der Waals surface area contributed by atoms with Crippen LogP contribution in [0.4, 0.5) is 13.2 Å². The molecular formula is C20H25F3IN3O2. The van der Waals surface area contributed by atoms with Crippen LogP contribution in [-0.2, 0) is 19.3 Å². The highest BCUT2D eigenvalue weighted by atomic mass is 127. The summed E-state index contributed by atoms with van der Waals surface area (Å²) in [5, 5.41) is 6.24. The first kappa shape index (κ1) is 24.9. The van der Waals surface area contributed by atoms with Crippen LogP contribution in [0.2, 0.25) is 0 Å². The Kier molecular flexibility index (Phi) is 10.1. The molecule has 0 aliphatic carbocycles. The fourth-order valence-electron chi connectivity index (χ4n) is 2.50. The van der Waals surface area contributed by atoms with E-state index in [1.165, 1.54) is 12.1 Å². The van der Waals surface area contributed by atoms with Crippen molar-refractivity contribution in [3.63, 3.8) is 0 Å². The van der Waals surface area contributed by atoms with Crippen molar-refractivity contribution in [2.75, 3.05) is 20.8 Å². The number of alkyl halides is 3. The maximum absolute atomic E-state index is 12.6. The second-order valence-corrected chi connectivity index (χ2v) is 5.89. The van der Waals surface area contributed by atoms with Gasteiger partial charge in [-0.05, 0) is 42.3 Å². The van der Waals surface area contributed by atoms with Crippen molar-refractivity contribution < 1.29 is 22.6 Å². The van der Waals surface area contributed by atoms with Crippen LogP contribution < -0.4 is 20.1 Å². The Labute approximate surface area is 185 Å². The van der Waals surface area contributed by atoms with Gasteiger partial charge in [0.05, 0.1) is 19.3 Å². The standard InChI is InChI=1S/C20H24F3N3O2.HI/c1-4-28-18-11-15(7-10-17(18)27-3)13-26-19(24-2)25-12-14-5-8-16(9-6-14)20(21,22)23;/h5-11H,4,12-13H2,1-3H3,(H2,24,25,26);1H. The summed E-state index contributed by atoms with van der Waals surface area (Å²) in [5.74, 6) is 1.86. The van der Waals surface area contributed by atoms with Gasteiger partial charge in [0.2, 0.25) is 0 Å². The molecule has 0 saturated carbocycles. The Morgan fingerprint density at radius 1 is 0.966 bits per heavy atom. The third kappa shape index (κ3) is 7.64. The second kappa shape index (κ2) is 11.7. The maximum atomic E-state index is 12.6. The lowest BCUT2D eigenvalue weighted by atomic mass is 10.1. The van der Waals surface area contributed by atoms with Crippen molar-refractivity contribution in [3.05, 3.63) is 59.2 Å². The molecule has 0 bridgehead atoms. The Balaban J connectivity index is 0.00000420. The fourth-order valence-corrected chi connectivity index (χ4v) is 2.50. The van der Waals surface area contributed by atoms with Gasteiger partial charge in [0.15, 0.2) is 17.5 Å². The molecule has 2 N–H and O–H groups in total. The molecule has 160 valence electrons. The Morgan fingerprint density at radius 2 is 1.55 bits per heavy atom. The number of nitrogens with one attached hydrogen (secondary N) is 2. The third-order valence-electron chi connectivity index (χ3n) is 3.95. The molecule has 29 heavy (non-hydrogen) atoms. The fraction of sp³-hybridized carbons (Fsp3) is 0.350. The summed E-state index contributed by atoms with van der Waals surface area (Å²) in [6, 6.07) is 10.7. The highest BCUT2D eigenvalue weighted by Gasteiger charge is 2.29. The van der Waals surface area contributed by atoms with Gasteiger partial charge in [0.1, 0.15) is 0 Å². The summed E-state index contributed by atoms with van der Waals surface area (Å²) in [5.41, 5.74) is 1.03. The molecule has 9 heteroatoms. The molecule has 0 aromatic heterocycles. The van der Waals surface area contributed by atoms with E-state index in [4.69, 9.17) is 9.47 Å². The molecule has 0 saturated heterocycles. The topological polar surface area (TPSA) is 54.9 Å². The summed E-state index contributed by atoms with van der Waals surface area (Å²) in [4.78, 5) is 4.13. The van der Waals surface area contributed by atoms with Crippen LogP contribution >= 0.6 is 24.0 Å². The molecular weight excluding hydrogens is 498 g/mol. The zero-order valence-corrected chi connectivity index (χ0v) is 18.8. The van der Waals surface area contributed by atoms with Crippen LogP contribution in [0.1, 0.15) is 23.6 Å². The number of rotatable bonds is 7. The summed E-state index contributed by atoms with van der Waals surface area (Å²) >= 11 is 0. The Bertz CT molecular complexity index is 797. The number of hydrogen-bond acceptors (Lipinski definition) is 3. The number of benzene rings is 2. The summed E-state index contributed by atoms with van der Waals surface area (Å²) in [7, 11) is 3.21. The Hall–Kier alpha value is -2.17. The van der Waals surface area contributed by atoms with E-state index in [1.807, 2.05) is 25.1 Å². The van der Waals surface area contributed by atoms with Crippen molar-refractivity contribution in [3.8, 4) is 11.5 Å². The van der Waals surface area contributed by atoms with Crippen molar-refractivity contribution in [2.45, 2.75) is 26.2 Å². The van der Waals surface area contributed by atoms with E-state index in [0.717, 1.165) is 23.3 Å². The van der Waals surface area contributed by atoms with Gasteiger partial charge in [0.25, 0.3) is 0 Å². The van der Waals surface area contributed by atoms with Crippen LogP contribution in [0, 0.1) is 0 Å².